The zero-order valence-corrected chi connectivity index (χ0v) is 17.0. The number of ether oxygens (including phenoxy) is 1. The molecular formula is C20H18BrClN2O3. The SMILES string of the molecule is COCCCN1C(=O)C(Nc2cccc(Br)c2)=C(c2ccc(Cl)cc2)C1=O. The predicted octanol–water partition coefficient (Wildman–Crippen LogP) is 4.33. The van der Waals surface area contributed by atoms with Crippen molar-refractivity contribution in [2.24, 2.45) is 0 Å². The van der Waals surface area contributed by atoms with E-state index in [0.717, 1.165) is 4.47 Å². The molecule has 1 aliphatic heterocycles. The fourth-order valence-corrected chi connectivity index (χ4v) is 3.38. The lowest BCUT2D eigenvalue weighted by Gasteiger charge is -2.15. The molecule has 2 amide bonds. The Bertz CT molecular complexity index is 896. The molecule has 1 aliphatic rings. The number of methoxy groups -OCH3 is 1. The summed E-state index contributed by atoms with van der Waals surface area (Å²) in [5, 5.41) is 3.68. The van der Waals surface area contributed by atoms with Crippen LogP contribution < -0.4 is 5.32 Å². The van der Waals surface area contributed by atoms with E-state index in [1.807, 2.05) is 24.3 Å². The highest BCUT2D eigenvalue weighted by Crippen LogP contribution is 2.31. The van der Waals surface area contributed by atoms with Gasteiger partial charge in [0.15, 0.2) is 0 Å². The first kappa shape index (κ1) is 19.6. The normalized spacial score (nSPS) is 14.3. The minimum absolute atomic E-state index is 0.262. The van der Waals surface area contributed by atoms with Crippen molar-refractivity contribution in [3.63, 3.8) is 0 Å². The fraction of sp³-hybridized carbons (Fsp3) is 0.200. The molecule has 0 aromatic heterocycles. The molecule has 0 saturated carbocycles. The third-order valence-electron chi connectivity index (χ3n) is 4.13. The van der Waals surface area contributed by atoms with Crippen LogP contribution in [-0.4, -0.2) is 37.0 Å². The van der Waals surface area contributed by atoms with Gasteiger partial charge in [0.1, 0.15) is 5.70 Å². The Hall–Kier alpha value is -2.15. The second-order valence-corrected chi connectivity index (χ2v) is 7.35. The van der Waals surface area contributed by atoms with Crippen LogP contribution in [0, 0.1) is 0 Å². The van der Waals surface area contributed by atoms with Gasteiger partial charge < -0.3 is 10.1 Å². The molecule has 27 heavy (non-hydrogen) atoms. The molecule has 0 fully saturated rings. The van der Waals surface area contributed by atoms with Crippen LogP contribution in [-0.2, 0) is 14.3 Å². The van der Waals surface area contributed by atoms with E-state index in [-0.39, 0.29) is 17.5 Å². The van der Waals surface area contributed by atoms with Gasteiger partial charge in [-0.1, -0.05) is 45.7 Å². The molecule has 0 unspecified atom stereocenters. The summed E-state index contributed by atoms with van der Waals surface area (Å²) in [6.45, 7) is 0.772. The summed E-state index contributed by atoms with van der Waals surface area (Å²) in [5.74, 6) is -0.669. The first-order valence-electron chi connectivity index (χ1n) is 8.39. The van der Waals surface area contributed by atoms with Gasteiger partial charge >= 0.3 is 0 Å². The maximum atomic E-state index is 13.0. The van der Waals surface area contributed by atoms with Crippen LogP contribution in [0.3, 0.4) is 0 Å². The van der Waals surface area contributed by atoms with Crippen molar-refractivity contribution in [3.05, 3.63) is 69.3 Å². The summed E-state index contributed by atoms with van der Waals surface area (Å²) in [6.07, 6.45) is 0.575. The van der Waals surface area contributed by atoms with Crippen LogP contribution in [0.5, 0.6) is 0 Å². The first-order chi connectivity index (χ1) is 13.0. The Balaban J connectivity index is 1.99. The molecule has 2 aromatic carbocycles. The minimum Gasteiger partial charge on any atom is -0.385 e. The maximum Gasteiger partial charge on any atom is 0.278 e. The van der Waals surface area contributed by atoms with Gasteiger partial charge in [0, 0.05) is 35.4 Å². The second-order valence-electron chi connectivity index (χ2n) is 6.00. The summed E-state index contributed by atoms with van der Waals surface area (Å²) >= 11 is 9.38. The molecule has 140 valence electrons. The van der Waals surface area contributed by atoms with E-state index < -0.39 is 0 Å². The molecule has 1 heterocycles. The third kappa shape index (κ3) is 4.40. The van der Waals surface area contributed by atoms with Crippen LogP contribution in [0.25, 0.3) is 5.57 Å². The molecule has 0 aliphatic carbocycles. The van der Waals surface area contributed by atoms with Gasteiger partial charge in [0.25, 0.3) is 11.8 Å². The summed E-state index contributed by atoms with van der Waals surface area (Å²) in [6, 6.07) is 14.3. The standard InChI is InChI=1S/C20H18BrClN2O3/c1-27-11-3-10-24-19(25)17(13-6-8-15(22)9-7-13)18(20(24)26)23-16-5-2-4-14(21)12-16/h2,4-9,12,23H,3,10-11H2,1H3. The summed E-state index contributed by atoms with van der Waals surface area (Å²) in [7, 11) is 1.59. The average Bonchev–Trinajstić information content (AvgIpc) is 2.87. The van der Waals surface area contributed by atoms with E-state index in [0.29, 0.717) is 41.4 Å². The van der Waals surface area contributed by atoms with Crippen LogP contribution in [0.2, 0.25) is 5.02 Å². The number of benzene rings is 2. The first-order valence-corrected chi connectivity index (χ1v) is 9.56. The van der Waals surface area contributed by atoms with Gasteiger partial charge in [-0.2, -0.15) is 0 Å². The number of amides is 2. The number of nitrogens with zero attached hydrogens (tertiary/aromatic N) is 1. The van der Waals surface area contributed by atoms with Gasteiger partial charge in [-0.25, -0.2) is 0 Å². The number of nitrogens with one attached hydrogen (secondary N) is 1. The molecule has 0 saturated heterocycles. The summed E-state index contributed by atoms with van der Waals surface area (Å²) in [4.78, 5) is 27.2. The Morgan fingerprint density at radius 3 is 2.52 bits per heavy atom. The van der Waals surface area contributed by atoms with E-state index in [4.69, 9.17) is 16.3 Å². The Morgan fingerprint density at radius 2 is 1.85 bits per heavy atom. The van der Waals surface area contributed by atoms with Crippen molar-refractivity contribution in [3.8, 4) is 0 Å². The molecular weight excluding hydrogens is 432 g/mol. The monoisotopic (exact) mass is 448 g/mol. The van der Waals surface area contributed by atoms with E-state index in [1.54, 1.807) is 31.4 Å². The number of carbonyl (C=O) groups is 2. The zero-order chi connectivity index (χ0) is 19.4. The van der Waals surface area contributed by atoms with Crippen LogP contribution in [0.1, 0.15) is 12.0 Å². The third-order valence-corrected chi connectivity index (χ3v) is 4.87. The van der Waals surface area contributed by atoms with E-state index in [2.05, 4.69) is 21.2 Å². The predicted molar refractivity (Wildman–Crippen MR) is 109 cm³/mol. The molecule has 7 heteroatoms. The van der Waals surface area contributed by atoms with Crippen LogP contribution >= 0.6 is 27.5 Å². The van der Waals surface area contributed by atoms with Crippen molar-refractivity contribution in [1.82, 2.24) is 4.90 Å². The van der Waals surface area contributed by atoms with Gasteiger partial charge in [0.05, 0.1) is 5.57 Å². The highest BCUT2D eigenvalue weighted by Gasteiger charge is 2.38. The van der Waals surface area contributed by atoms with Crippen molar-refractivity contribution in [2.45, 2.75) is 6.42 Å². The molecule has 0 spiro atoms. The van der Waals surface area contributed by atoms with E-state index in [9.17, 15) is 9.59 Å². The molecule has 1 N–H and O–H groups in total. The van der Waals surface area contributed by atoms with Gasteiger partial charge in [-0.3, -0.25) is 14.5 Å². The molecule has 0 bridgehead atoms. The van der Waals surface area contributed by atoms with Crippen molar-refractivity contribution >= 4 is 50.6 Å². The lowest BCUT2D eigenvalue weighted by atomic mass is 10.0. The number of halogens is 2. The largest absolute Gasteiger partial charge is 0.385 e. The number of hydrogen-bond acceptors (Lipinski definition) is 4. The molecule has 2 aromatic rings. The minimum atomic E-state index is -0.346. The Kier molecular flexibility index (Phi) is 6.31. The molecule has 3 rings (SSSR count). The molecule has 0 atom stereocenters. The number of hydrogen-bond donors (Lipinski definition) is 1. The highest BCUT2D eigenvalue weighted by molar-refractivity contribution is 9.10. The number of carbonyl (C=O) groups excluding carboxylic acids is 2. The zero-order valence-electron chi connectivity index (χ0n) is 14.7. The lowest BCUT2D eigenvalue weighted by Crippen LogP contribution is -2.33. The number of anilines is 1. The van der Waals surface area contributed by atoms with Crippen LogP contribution in [0.15, 0.2) is 58.7 Å². The molecule has 0 radical (unpaired) electrons. The maximum absolute atomic E-state index is 13.0. The van der Waals surface area contributed by atoms with Crippen molar-refractivity contribution in [1.29, 1.82) is 0 Å². The molecule has 5 nitrogen and oxygen atoms in total. The van der Waals surface area contributed by atoms with Crippen molar-refractivity contribution < 1.29 is 14.3 Å². The Labute approximate surface area is 171 Å². The second kappa shape index (κ2) is 8.69. The summed E-state index contributed by atoms with van der Waals surface area (Å²) in [5.41, 5.74) is 1.96. The average molecular weight is 450 g/mol. The number of rotatable bonds is 7. The fourth-order valence-electron chi connectivity index (χ4n) is 2.86. The topological polar surface area (TPSA) is 58.6 Å². The van der Waals surface area contributed by atoms with E-state index in [1.165, 1.54) is 4.90 Å². The highest BCUT2D eigenvalue weighted by atomic mass is 79.9. The Morgan fingerprint density at radius 1 is 1.11 bits per heavy atom. The lowest BCUT2D eigenvalue weighted by molar-refractivity contribution is -0.136. The quantitative estimate of drug-likeness (QED) is 0.505. The smallest absolute Gasteiger partial charge is 0.278 e. The van der Waals surface area contributed by atoms with Crippen LogP contribution in [0.4, 0.5) is 5.69 Å². The van der Waals surface area contributed by atoms with Gasteiger partial charge in [-0.15, -0.1) is 0 Å². The van der Waals surface area contributed by atoms with Gasteiger partial charge in [0.2, 0.25) is 0 Å². The van der Waals surface area contributed by atoms with E-state index >= 15 is 0 Å². The van der Waals surface area contributed by atoms with Crippen molar-refractivity contribution in [2.75, 3.05) is 25.6 Å². The number of imide groups is 1. The summed E-state index contributed by atoms with van der Waals surface area (Å²) < 4.78 is 5.90. The van der Waals surface area contributed by atoms with Gasteiger partial charge in [-0.05, 0) is 42.3 Å².